The number of ether oxygens (including phenoxy) is 1. The van der Waals surface area contributed by atoms with E-state index < -0.39 is 16.0 Å². The molecule has 0 atom stereocenters. The second-order valence-electron chi connectivity index (χ2n) is 4.60. The SMILES string of the molecule is COc1ccc(S(=O)(=O)NCc2noc(C)n2)cc1CC(=O)O. The predicted molar refractivity (Wildman–Crippen MR) is 77.4 cm³/mol. The van der Waals surface area contributed by atoms with Crippen LogP contribution in [0.5, 0.6) is 5.75 Å². The molecule has 0 radical (unpaired) electrons. The van der Waals surface area contributed by atoms with Crippen LogP contribution < -0.4 is 9.46 Å². The van der Waals surface area contributed by atoms with Crippen molar-refractivity contribution in [3.63, 3.8) is 0 Å². The molecule has 1 heterocycles. The van der Waals surface area contributed by atoms with Crippen molar-refractivity contribution in [2.45, 2.75) is 24.8 Å². The summed E-state index contributed by atoms with van der Waals surface area (Å²) in [5, 5.41) is 12.5. The molecule has 124 valence electrons. The second-order valence-corrected chi connectivity index (χ2v) is 6.37. The zero-order valence-corrected chi connectivity index (χ0v) is 13.3. The minimum Gasteiger partial charge on any atom is -0.496 e. The van der Waals surface area contributed by atoms with Gasteiger partial charge in [0, 0.05) is 12.5 Å². The van der Waals surface area contributed by atoms with E-state index in [2.05, 4.69) is 14.9 Å². The third kappa shape index (κ3) is 4.27. The third-order valence-electron chi connectivity index (χ3n) is 2.89. The van der Waals surface area contributed by atoms with Crippen molar-refractivity contribution in [2.24, 2.45) is 0 Å². The van der Waals surface area contributed by atoms with E-state index in [4.69, 9.17) is 14.4 Å². The number of carbonyl (C=O) groups is 1. The first-order valence-electron chi connectivity index (χ1n) is 6.49. The smallest absolute Gasteiger partial charge is 0.307 e. The van der Waals surface area contributed by atoms with Crippen LogP contribution >= 0.6 is 0 Å². The summed E-state index contributed by atoms with van der Waals surface area (Å²) in [6.07, 6.45) is -0.351. The largest absolute Gasteiger partial charge is 0.496 e. The number of rotatable bonds is 7. The highest BCUT2D eigenvalue weighted by Crippen LogP contribution is 2.23. The van der Waals surface area contributed by atoms with Gasteiger partial charge in [-0.3, -0.25) is 4.79 Å². The molecule has 0 bridgehead atoms. The normalized spacial score (nSPS) is 11.4. The Balaban J connectivity index is 2.23. The van der Waals surface area contributed by atoms with E-state index in [1.165, 1.54) is 25.3 Å². The minimum atomic E-state index is -3.85. The number of hydrogen-bond acceptors (Lipinski definition) is 7. The van der Waals surface area contributed by atoms with Crippen LogP contribution in [0.3, 0.4) is 0 Å². The number of aromatic nitrogens is 2. The van der Waals surface area contributed by atoms with Crippen LogP contribution in [-0.2, 0) is 27.8 Å². The number of aliphatic carboxylic acids is 1. The number of carboxylic acid groups (broad SMARTS) is 1. The van der Waals surface area contributed by atoms with E-state index in [-0.39, 0.29) is 29.2 Å². The first kappa shape index (κ1) is 16.9. The zero-order chi connectivity index (χ0) is 17.0. The first-order valence-corrected chi connectivity index (χ1v) is 7.97. The van der Waals surface area contributed by atoms with Crippen molar-refractivity contribution in [2.75, 3.05) is 7.11 Å². The maximum Gasteiger partial charge on any atom is 0.307 e. The average molecular weight is 341 g/mol. The van der Waals surface area contributed by atoms with Gasteiger partial charge < -0.3 is 14.4 Å². The van der Waals surface area contributed by atoms with Crippen LogP contribution in [0.2, 0.25) is 0 Å². The van der Waals surface area contributed by atoms with E-state index in [1.807, 2.05) is 0 Å². The van der Waals surface area contributed by atoms with Gasteiger partial charge in [-0.1, -0.05) is 5.16 Å². The molecule has 1 aromatic heterocycles. The van der Waals surface area contributed by atoms with Crippen molar-refractivity contribution in [3.8, 4) is 5.75 Å². The van der Waals surface area contributed by atoms with Crippen molar-refractivity contribution in [1.29, 1.82) is 0 Å². The lowest BCUT2D eigenvalue weighted by molar-refractivity contribution is -0.136. The van der Waals surface area contributed by atoms with Crippen LogP contribution in [0.1, 0.15) is 17.3 Å². The molecule has 0 aliphatic carbocycles. The van der Waals surface area contributed by atoms with Crippen LogP contribution in [0.15, 0.2) is 27.6 Å². The van der Waals surface area contributed by atoms with E-state index >= 15 is 0 Å². The number of aryl methyl sites for hydroxylation is 1. The summed E-state index contributed by atoms with van der Waals surface area (Å²) in [5.74, 6) is -0.258. The van der Waals surface area contributed by atoms with Crippen LogP contribution in [-0.4, -0.2) is 36.7 Å². The van der Waals surface area contributed by atoms with Crippen molar-refractivity contribution in [1.82, 2.24) is 14.9 Å². The fourth-order valence-corrected chi connectivity index (χ4v) is 2.91. The second kappa shape index (κ2) is 6.75. The topological polar surface area (TPSA) is 132 Å². The molecule has 2 aromatic rings. The van der Waals surface area contributed by atoms with Crippen molar-refractivity contribution >= 4 is 16.0 Å². The van der Waals surface area contributed by atoms with E-state index in [1.54, 1.807) is 6.92 Å². The first-order chi connectivity index (χ1) is 10.8. The summed E-state index contributed by atoms with van der Waals surface area (Å²) in [4.78, 5) is 14.7. The standard InChI is InChI=1S/C13H15N3O6S/c1-8-15-12(16-22-8)7-14-23(19,20)10-3-4-11(21-2)9(5-10)6-13(17)18/h3-5,14H,6-7H2,1-2H3,(H,17,18). The van der Waals surface area contributed by atoms with Gasteiger partial charge in [0.1, 0.15) is 5.75 Å². The Kier molecular flexibility index (Phi) is 4.96. The molecule has 0 amide bonds. The van der Waals surface area contributed by atoms with Crippen LogP contribution in [0.4, 0.5) is 0 Å². The van der Waals surface area contributed by atoms with E-state index in [9.17, 15) is 13.2 Å². The van der Waals surface area contributed by atoms with Gasteiger partial charge in [0.2, 0.25) is 15.9 Å². The lowest BCUT2D eigenvalue weighted by Crippen LogP contribution is -2.24. The molecule has 2 rings (SSSR count). The molecular formula is C13H15N3O6S. The Labute approximate surface area is 132 Å². The van der Waals surface area contributed by atoms with Gasteiger partial charge in [-0.25, -0.2) is 13.1 Å². The number of benzene rings is 1. The molecular weight excluding hydrogens is 326 g/mol. The van der Waals surface area contributed by atoms with Crippen molar-refractivity contribution in [3.05, 3.63) is 35.5 Å². The average Bonchev–Trinajstić information content (AvgIpc) is 2.90. The zero-order valence-electron chi connectivity index (χ0n) is 12.4. The lowest BCUT2D eigenvalue weighted by atomic mass is 10.1. The molecule has 0 saturated carbocycles. The maximum absolute atomic E-state index is 12.3. The lowest BCUT2D eigenvalue weighted by Gasteiger charge is -2.10. The number of hydrogen-bond donors (Lipinski definition) is 2. The molecule has 23 heavy (non-hydrogen) atoms. The van der Waals surface area contributed by atoms with Gasteiger partial charge in [0.25, 0.3) is 0 Å². The Bertz CT molecular complexity index is 815. The van der Waals surface area contributed by atoms with Gasteiger partial charge in [0.05, 0.1) is 25.0 Å². The highest BCUT2D eigenvalue weighted by atomic mass is 32.2. The van der Waals surface area contributed by atoms with E-state index in [0.29, 0.717) is 11.6 Å². The maximum atomic E-state index is 12.3. The molecule has 0 saturated heterocycles. The van der Waals surface area contributed by atoms with Gasteiger partial charge in [-0.15, -0.1) is 0 Å². The summed E-state index contributed by atoms with van der Waals surface area (Å²) in [5.41, 5.74) is 0.262. The van der Waals surface area contributed by atoms with Crippen molar-refractivity contribution < 1.29 is 27.6 Å². The number of nitrogens with one attached hydrogen (secondary N) is 1. The Hall–Kier alpha value is -2.46. The van der Waals surface area contributed by atoms with Crippen LogP contribution in [0.25, 0.3) is 0 Å². The quantitative estimate of drug-likeness (QED) is 0.744. The van der Waals surface area contributed by atoms with Gasteiger partial charge in [0.15, 0.2) is 5.82 Å². The highest BCUT2D eigenvalue weighted by molar-refractivity contribution is 7.89. The van der Waals surface area contributed by atoms with Gasteiger partial charge in [-0.05, 0) is 18.2 Å². The minimum absolute atomic E-state index is 0.0743. The number of carboxylic acids is 1. The summed E-state index contributed by atoms with van der Waals surface area (Å²) in [7, 11) is -2.47. The molecule has 1 aromatic carbocycles. The Morgan fingerprint density at radius 2 is 2.17 bits per heavy atom. The van der Waals surface area contributed by atoms with Gasteiger partial charge in [-0.2, -0.15) is 4.98 Å². The summed E-state index contributed by atoms with van der Waals surface area (Å²) < 4.78 is 36.6. The molecule has 2 N–H and O–H groups in total. The summed E-state index contributed by atoms with van der Waals surface area (Å²) >= 11 is 0. The molecule has 0 spiro atoms. The molecule has 0 fully saturated rings. The molecule has 9 nitrogen and oxygen atoms in total. The number of sulfonamides is 1. The highest BCUT2D eigenvalue weighted by Gasteiger charge is 2.18. The Morgan fingerprint density at radius 1 is 1.43 bits per heavy atom. The number of methoxy groups -OCH3 is 1. The van der Waals surface area contributed by atoms with E-state index in [0.717, 1.165) is 0 Å². The monoisotopic (exact) mass is 341 g/mol. The summed E-state index contributed by atoms with van der Waals surface area (Å²) in [6.45, 7) is 1.45. The molecule has 10 heteroatoms. The molecule has 0 aliphatic rings. The fourth-order valence-electron chi connectivity index (χ4n) is 1.88. The third-order valence-corrected chi connectivity index (χ3v) is 4.29. The van der Waals surface area contributed by atoms with Gasteiger partial charge >= 0.3 is 5.97 Å². The molecule has 0 unspecified atom stereocenters. The predicted octanol–water partition coefficient (Wildman–Crippen LogP) is 0.492. The fraction of sp³-hybridized carbons (Fsp3) is 0.308. The number of nitrogens with zero attached hydrogens (tertiary/aromatic N) is 2. The Morgan fingerprint density at radius 3 is 2.74 bits per heavy atom. The summed E-state index contributed by atoms with van der Waals surface area (Å²) in [6, 6.07) is 4.00. The molecule has 0 aliphatic heterocycles. The van der Waals surface area contributed by atoms with Crippen LogP contribution in [0, 0.1) is 6.92 Å².